The minimum atomic E-state index is -0.670. The molecular formula is C25H31N3O3. The minimum Gasteiger partial charge on any atom is -0.335 e. The summed E-state index contributed by atoms with van der Waals surface area (Å²) in [6.07, 6.45) is 11.4. The van der Waals surface area contributed by atoms with Crippen molar-refractivity contribution in [3.05, 3.63) is 48.0 Å². The number of allylic oxidation sites excluding steroid dienone is 2. The quantitative estimate of drug-likeness (QED) is 0.565. The summed E-state index contributed by atoms with van der Waals surface area (Å²) in [5.41, 5.74) is 0.988. The van der Waals surface area contributed by atoms with Gasteiger partial charge in [-0.3, -0.25) is 14.5 Å². The monoisotopic (exact) mass is 421 g/mol. The topological polar surface area (TPSA) is 78.5 Å². The van der Waals surface area contributed by atoms with Crippen LogP contribution in [0.15, 0.2) is 42.5 Å². The standard InChI is InChI=1S/C25H31N3O3/c29-23-21-17-11-12-18(14-13-17)22(21)24(30)28(23)20(15-16-7-3-1-4-8-16)27-25(31)26-19-9-5-2-6-10-19/h1,3-4,7-8,11-12,17-22H,2,5-6,9-10,13-15H2,(H2,26,27,31)/t17-,18-,20-,21-,22-/m0/s1. The Bertz CT molecular complexity index is 845. The summed E-state index contributed by atoms with van der Waals surface area (Å²) in [5, 5.41) is 6.06. The number of hydrogen-bond acceptors (Lipinski definition) is 3. The number of imide groups is 1. The Kier molecular flexibility index (Phi) is 5.55. The predicted molar refractivity (Wildman–Crippen MR) is 117 cm³/mol. The van der Waals surface area contributed by atoms with E-state index in [1.54, 1.807) is 0 Å². The van der Waals surface area contributed by atoms with Crippen molar-refractivity contribution in [2.45, 2.75) is 63.6 Å². The first-order valence-electron chi connectivity index (χ1n) is 11.8. The van der Waals surface area contributed by atoms with Crippen LogP contribution in [-0.4, -0.2) is 35.0 Å². The maximum absolute atomic E-state index is 13.4. The van der Waals surface area contributed by atoms with Gasteiger partial charge in [0.25, 0.3) is 0 Å². The highest BCUT2D eigenvalue weighted by Gasteiger charge is 2.58. The van der Waals surface area contributed by atoms with E-state index in [1.807, 2.05) is 30.3 Å². The fourth-order valence-corrected chi connectivity index (χ4v) is 6.07. The number of carbonyl (C=O) groups is 3. The third-order valence-electron chi connectivity index (χ3n) is 7.62. The number of urea groups is 1. The van der Waals surface area contributed by atoms with E-state index in [2.05, 4.69) is 22.8 Å². The van der Waals surface area contributed by atoms with Gasteiger partial charge in [-0.2, -0.15) is 0 Å². The number of rotatable bonds is 5. The maximum Gasteiger partial charge on any atom is 0.316 e. The van der Waals surface area contributed by atoms with Gasteiger partial charge in [-0.25, -0.2) is 4.79 Å². The molecule has 5 atom stereocenters. The molecule has 1 saturated heterocycles. The first-order valence-corrected chi connectivity index (χ1v) is 11.8. The number of amides is 4. The molecule has 0 unspecified atom stereocenters. The van der Waals surface area contributed by atoms with Crippen molar-refractivity contribution in [2.24, 2.45) is 23.7 Å². The molecule has 1 heterocycles. The van der Waals surface area contributed by atoms with E-state index in [1.165, 1.54) is 11.3 Å². The molecule has 2 saturated carbocycles. The fourth-order valence-electron chi connectivity index (χ4n) is 6.07. The second-order valence-corrected chi connectivity index (χ2v) is 9.55. The van der Waals surface area contributed by atoms with Crippen molar-refractivity contribution in [2.75, 3.05) is 0 Å². The van der Waals surface area contributed by atoms with Crippen LogP contribution >= 0.6 is 0 Å². The van der Waals surface area contributed by atoms with Gasteiger partial charge in [0.1, 0.15) is 6.17 Å². The van der Waals surface area contributed by atoms with E-state index >= 15 is 0 Å². The molecule has 6 rings (SSSR count). The van der Waals surface area contributed by atoms with Gasteiger partial charge >= 0.3 is 6.03 Å². The molecule has 164 valence electrons. The second-order valence-electron chi connectivity index (χ2n) is 9.55. The van der Waals surface area contributed by atoms with E-state index in [0.717, 1.165) is 44.1 Å². The smallest absolute Gasteiger partial charge is 0.316 e. The van der Waals surface area contributed by atoms with Gasteiger partial charge < -0.3 is 10.6 Å². The number of likely N-dealkylation sites (tertiary alicyclic amines) is 1. The van der Waals surface area contributed by atoms with Crippen LogP contribution in [0.4, 0.5) is 4.79 Å². The number of nitrogens with zero attached hydrogens (tertiary/aromatic N) is 1. The first-order chi connectivity index (χ1) is 15.1. The summed E-state index contributed by atoms with van der Waals surface area (Å²) in [6, 6.07) is 9.63. The Hall–Kier alpha value is -2.63. The highest BCUT2D eigenvalue weighted by atomic mass is 16.2. The van der Waals surface area contributed by atoms with Crippen LogP contribution in [-0.2, 0) is 16.0 Å². The normalized spacial score (nSPS) is 30.9. The van der Waals surface area contributed by atoms with Crippen LogP contribution in [0.1, 0.15) is 50.5 Å². The van der Waals surface area contributed by atoms with Crippen LogP contribution in [0.25, 0.3) is 0 Å². The summed E-state index contributed by atoms with van der Waals surface area (Å²) in [6.45, 7) is 0. The Morgan fingerprint density at radius 3 is 2.10 bits per heavy atom. The zero-order chi connectivity index (χ0) is 21.4. The highest BCUT2D eigenvalue weighted by molar-refractivity contribution is 6.06. The average molecular weight is 422 g/mol. The fraction of sp³-hybridized carbons (Fsp3) is 0.560. The molecule has 0 spiro atoms. The predicted octanol–water partition coefficient (Wildman–Crippen LogP) is 3.38. The van der Waals surface area contributed by atoms with Crippen LogP contribution < -0.4 is 10.6 Å². The molecule has 31 heavy (non-hydrogen) atoms. The molecule has 4 amide bonds. The number of nitrogens with one attached hydrogen (secondary N) is 2. The van der Waals surface area contributed by atoms with Gasteiger partial charge in [0.2, 0.25) is 11.8 Å². The Morgan fingerprint density at radius 1 is 0.903 bits per heavy atom. The van der Waals surface area contributed by atoms with Crippen molar-refractivity contribution >= 4 is 17.8 Å². The van der Waals surface area contributed by atoms with E-state index in [-0.39, 0.29) is 47.6 Å². The molecule has 5 aliphatic rings. The lowest BCUT2D eigenvalue weighted by atomic mass is 9.63. The average Bonchev–Trinajstić information content (AvgIpc) is 3.08. The Morgan fingerprint density at radius 2 is 1.52 bits per heavy atom. The number of hydrogen-bond donors (Lipinski definition) is 2. The van der Waals surface area contributed by atoms with E-state index in [4.69, 9.17) is 0 Å². The minimum absolute atomic E-state index is 0.118. The molecule has 1 aromatic rings. The van der Waals surface area contributed by atoms with Gasteiger partial charge in [-0.15, -0.1) is 0 Å². The lowest BCUT2D eigenvalue weighted by molar-refractivity contribution is -0.143. The van der Waals surface area contributed by atoms with Crippen LogP contribution in [0.2, 0.25) is 0 Å². The van der Waals surface area contributed by atoms with Gasteiger partial charge in [-0.05, 0) is 43.1 Å². The molecule has 6 heteroatoms. The van der Waals surface area contributed by atoms with E-state index < -0.39 is 6.17 Å². The van der Waals surface area contributed by atoms with Crippen molar-refractivity contribution < 1.29 is 14.4 Å². The molecule has 0 aromatic heterocycles. The summed E-state index contributed by atoms with van der Waals surface area (Å²) in [7, 11) is 0. The number of carbonyl (C=O) groups excluding carboxylic acids is 3. The lowest BCUT2D eigenvalue weighted by Crippen LogP contribution is -2.56. The lowest BCUT2D eigenvalue weighted by Gasteiger charge is -2.38. The van der Waals surface area contributed by atoms with Crippen LogP contribution in [0, 0.1) is 23.7 Å². The first kappa shape index (κ1) is 20.3. The molecule has 0 radical (unpaired) electrons. The summed E-state index contributed by atoms with van der Waals surface area (Å²) in [4.78, 5) is 41.1. The van der Waals surface area contributed by atoms with E-state index in [0.29, 0.717) is 6.42 Å². The molecule has 1 aromatic carbocycles. The maximum atomic E-state index is 13.4. The Balaban J connectivity index is 1.37. The van der Waals surface area contributed by atoms with Crippen molar-refractivity contribution in [1.82, 2.24) is 15.5 Å². The van der Waals surface area contributed by atoms with Crippen molar-refractivity contribution in [3.8, 4) is 0 Å². The second kappa shape index (κ2) is 8.48. The van der Waals surface area contributed by atoms with Gasteiger partial charge in [0.05, 0.1) is 11.8 Å². The van der Waals surface area contributed by atoms with Gasteiger partial charge in [0.15, 0.2) is 0 Å². The summed E-state index contributed by atoms with van der Waals surface area (Å²) in [5.74, 6) is -0.480. The zero-order valence-corrected chi connectivity index (χ0v) is 17.8. The van der Waals surface area contributed by atoms with Gasteiger partial charge in [0, 0.05) is 12.5 Å². The van der Waals surface area contributed by atoms with Crippen LogP contribution in [0.3, 0.4) is 0 Å². The number of fused-ring (bicyclic) bond motifs is 1. The van der Waals surface area contributed by atoms with Gasteiger partial charge in [-0.1, -0.05) is 61.7 Å². The largest absolute Gasteiger partial charge is 0.335 e. The number of benzene rings is 1. The molecule has 1 aliphatic heterocycles. The van der Waals surface area contributed by atoms with Crippen LogP contribution in [0.5, 0.6) is 0 Å². The summed E-state index contributed by atoms with van der Waals surface area (Å²) < 4.78 is 0. The third-order valence-corrected chi connectivity index (χ3v) is 7.62. The summed E-state index contributed by atoms with van der Waals surface area (Å²) >= 11 is 0. The molecule has 6 nitrogen and oxygen atoms in total. The zero-order valence-electron chi connectivity index (χ0n) is 17.8. The molecule has 2 bridgehead atoms. The SMILES string of the molecule is O=C(NC1CCCCC1)N[C@H](Cc1ccccc1)N1C(=O)[C@@H]2[C@@H](C1=O)[C@H]1C=C[C@H]2CC1. The highest BCUT2D eigenvalue weighted by Crippen LogP contribution is 2.50. The van der Waals surface area contributed by atoms with Crippen molar-refractivity contribution in [3.63, 3.8) is 0 Å². The molecule has 2 N–H and O–H groups in total. The molecule has 3 fully saturated rings. The molecular weight excluding hydrogens is 390 g/mol. The third kappa shape index (κ3) is 3.88. The van der Waals surface area contributed by atoms with E-state index in [9.17, 15) is 14.4 Å². The van der Waals surface area contributed by atoms with Crippen molar-refractivity contribution in [1.29, 1.82) is 0 Å². The molecule has 4 aliphatic carbocycles. The Labute approximate surface area is 183 Å².